The molecular weight excluding hydrogens is 190 g/mol. The van der Waals surface area contributed by atoms with E-state index in [4.69, 9.17) is 0 Å². The molecule has 0 atom stereocenters. The molecule has 0 spiro atoms. The second-order valence-corrected chi connectivity index (χ2v) is 2.76. The topological polar surface area (TPSA) is 98.3 Å². The maximum Gasteiger partial charge on any atom is 0.294 e. The van der Waals surface area contributed by atoms with E-state index in [9.17, 15) is 20.2 Å². The molecule has 0 radical (unpaired) electrons. The zero-order chi connectivity index (χ0) is 10.7. The lowest BCUT2D eigenvalue weighted by Crippen LogP contribution is -2.18. The fourth-order valence-electron chi connectivity index (χ4n) is 1.26. The third kappa shape index (κ3) is 1.87. The fourth-order valence-corrected chi connectivity index (χ4v) is 1.26. The zero-order valence-electron chi connectivity index (χ0n) is 7.52. The summed E-state index contributed by atoms with van der Waals surface area (Å²) in [5.74, 6) is 0. The molecule has 0 saturated carbocycles. The Bertz CT molecular complexity index is 345. The highest BCUT2D eigenvalue weighted by atomic mass is 16.6. The predicted molar refractivity (Wildman–Crippen MR) is 47.4 cm³/mol. The van der Waals surface area contributed by atoms with Gasteiger partial charge in [-0.15, -0.1) is 0 Å². The van der Waals surface area contributed by atoms with Crippen molar-refractivity contribution in [1.82, 2.24) is 5.32 Å². The predicted octanol–water partition coefficient (Wildman–Crippen LogP) is 0.648. The van der Waals surface area contributed by atoms with Crippen LogP contribution < -0.4 is 5.32 Å². The maximum absolute atomic E-state index is 10.5. The molecule has 0 aromatic rings. The number of hydrogen-bond acceptors (Lipinski definition) is 5. The standard InChI is InChI=1S/C7H9N3O4/c1-8-6-3-2-5(9(11)12)4-7(6)10(13)14/h4,8H,2-3H2,1H3. The van der Waals surface area contributed by atoms with Crippen LogP contribution in [-0.4, -0.2) is 16.9 Å². The highest BCUT2D eigenvalue weighted by Crippen LogP contribution is 2.22. The summed E-state index contributed by atoms with van der Waals surface area (Å²) in [6, 6.07) is 0. The van der Waals surface area contributed by atoms with Gasteiger partial charge in [0.15, 0.2) is 0 Å². The summed E-state index contributed by atoms with van der Waals surface area (Å²) >= 11 is 0. The lowest BCUT2D eigenvalue weighted by molar-refractivity contribution is -0.439. The first-order valence-electron chi connectivity index (χ1n) is 3.96. The monoisotopic (exact) mass is 199 g/mol. The molecule has 0 unspecified atom stereocenters. The van der Waals surface area contributed by atoms with E-state index >= 15 is 0 Å². The number of nitro groups is 2. The molecule has 1 rings (SSSR count). The van der Waals surface area contributed by atoms with Gasteiger partial charge in [0, 0.05) is 19.9 Å². The average molecular weight is 199 g/mol. The molecule has 0 aliphatic heterocycles. The van der Waals surface area contributed by atoms with E-state index in [0.717, 1.165) is 6.08 Å². The van der Waals surface area contributed by atoms with Crippen molar-refractivity contribution in [2.75, 3.05) is 7.05 Å². The number of hydrogen-bond donors (Lipinski definition) is 1. The van der Waals surface area contributed by atoms with Gasteiger partial charge in [0.25, 0.3) is 11.4 Å². The Balaban J connectivity index is 3.08. The van der Waals surface area contributed by atoms with E-state index in [2.05, 4.69) is 5.32 Å². The Morgan fingerprint density at radius 3 is 2.36 bits per heavy atom. The molecule has 0 aromatic carbocycles. The average Bonchev–Trinajstić information content (AvgIpc) is 2.16. The Hall–Kier alpha value is -1.92. The first-order valence-corrected chi connectivity index (χ1v) is 3.96. The maximum atomic E-state index is 10.5. The van der Waals surface area contributed by atoms with Crippen LogP contribution in [0, 0.1) is 20.2 Å². The highest BCUT2D eigenvalue weighted by Gasteiger charge is 2.26. The molecule has 1 N–H and O–H groups in total. The lowest BCUT2D eigenvalue weighted by Gasteiger charge is -2.09. The van der Waals surface area contributed by atoms with Gasteiger partial charge in [-0.1, -0.05) is 0 Å². The van der Waals surface area contributed by atoms with Crippen LogP contribution in [0.4, 0.5) is 0 Å². The van der Waals surface area contributed by atoms with Gasteiger partial charge in [0.1, 0.15) is 0 Å². The van der Waals surface area contributed by atoms with Crippen molar-refractivity contribution in [2.24, 2.45) is 0 Å². The van der Waals surface area contributed by atoms with Crippen molar-refractivity contribution in [2.45, 2.75) is 12.8 Å². The van der Waals surface area contributed by atoms with E-state index in [1.165, 1.54) is 0 Å². The summed E-state index contributed by atoms with van der Waals surface area (Å²) in [7, 11) is 1.56. The van der Waals surface area contributed by atoms with Crippen LogP contribution in [0.1, 0.15) is 12.8 Å². The Kier molecular flexibility index (Phi) is 2.80. The molecule has 0 aromatic heterocycles. The molecular formula is C7H9N3O4. The molecule has 76 valence electrons. The molecule has 7 heteroatoms. The molecule has 0 bridgehead atoms. The van der Waals surface area contributed by atoms with Gasteiger partial charge < -0.3 is 5.32 Å². The van der Waals surface area contributed by atoms with Gasteiger partial charge in [0.05, 0.1) is 21.6 Å². The van der Waals surface area contributed by atoms with Gasteiger partial charge in [-0.05, 0) is 0 Å². The van der Waals surface area contributed by atoms with Gasteiger partial charge in [-0.25, -0.2) is 0 Å². The minimum atomic E-state index is -0.617. The summed E-state index contributed by atoms with van der Waals surface area (Å²) in [4.78, 5) is 19.7. The molecule has 0 amide bonds. The van der Waals surface area contributed by atoms with Crippen LogP contribution in [0.15, 0.2) is 23.2 Å². The molecule has 1 aliphatic carbocycles. The van der Waals surface area contributed by atoms with Crippen LogP contribution in [-0.2, 0) is 0 Å². The Morgan fingerprint density at radius 1 is 1.29 bits per heavy atom. The van der Waals surface area contributed by atoms with Crippen LogP contribution in [0.2, 0.25) is 0 Å². The van der Waals surface area contributed by atoms with Crippen molar-refractivity contribution in [3.63, 3.8) is 0 Å². The van der Waals surface area contributed by atoms with Crippen LogP contribution in [0.3, 0.4) is 0 Å². The van der Waals surface area contributed by atoms with Crippen LogP contribution in [0.25, 0.3) is 0 Å². The number of allylic oxidation sites excluding steroid dienone is 3. The Labute approximate surface area is 79.4 Å². The van der Waals surface area contributed by atoms with Crippen molar-refractivity contribution in [3.8, 4) is 0 Å². The zero-order valence-corrected chi connectivity index (χ0v) is 7.52. The van der Waals surface area contributed by atoms with Crippen LogP contribution in [0.5, 0.6) is 0 Å². The largest absolute Gasteiger partial charge is 0.386 e. The summed E-state index contributed by atoms with van der Waals surface area (Å²) in [5.41, 5.74) is 0.0988. The van der Waals surface area contributed by atoms with Gasteiger partial charge in [-0.2, -0.15) is 0 Å². The van der Waals surface area contributed by atoms with Gasteiger partial charge in [-0.3, -0.25) is 20.2 Å². The lowest BCUT2D eigenvalue weighted by atomic mass is 10.1. The normalized spacial score (nSPS) is 16.2. The smallest absolute Gasteiger partial charge is 0.294 e. The molecule has 0 fully saturated rings. The number of rotatable bonds is 3. The van der Waals surface area contributed by atoms with Crippen LogP contribution >= 0.6 is 0 Å². The Morgan fingerprint density at radius 2 is 1.93 bits per heavy atom. The van der Waals surface area contributed by atoms with E-state index in [1.807, 2.05) is 0 Å². The van der Waals surface area contributed by atoms with Crippen molar-refractivity contribution >= 4 is 0 Å². The van der Waals surface area contributed by atoms with E-state index in [-0.39, 0.29) is 17.8 Å². The molecule has 14 heavy (non-hydrogen) atoms. The summed E-state index contributed by atoms with van der Waals surface area (Å²) in [5, 5.41) is 23.6. The highest BCUT2D eigenvalue weighted by molar-refractivity contribution is 5.24. The second-order valence-electron chi connectivity index (χ2n) is 2.76. The molecule has 0 saturated heterocycles. The molecule has 1 aliphatic rings. The van der Waals surface area contributed by atoms with E-state index < -0.39 is 9.85 Å². The van der Waals surface area contributed by atoms with E-state index in [0.29, 0.717) is 12.1 Å². The fraction of sp³-hybridized carbons (Fsp3) is 0.429. The first kappa shape index (κ1) is 10.2. The SMILES string of the molecule is CNC1=C([N+](=O)[O-])C=C([N+](=O)[O-])CC1. The first-order chi connectivity index (χ1) is 6.56. The van der Waals surface area contributed by atoms with Crippen molar-refractivity contribution in [3.05, 3.63) is 43.4 Å². The third-order valence-corrected chi connectivity index (χ3v) is 1.98. The van der Waals surface area contributed by atoms with Gasteiger partial charge >= 0.3 is 0 Å². The second kappa shape index (κ2) is 3.86. The third-order valence-electron chi connectivity index (χ3n) is 1.98. The quantitative estimate of drug-likeness (QED) is 0.531. The molecule has 7 nitrogen and oxygen atoms in total. The van der Waals surface area contributed by atoms with Crippen molar-refractivity contribution in [1.29, 1.82) is 0 Å². The van der Waals surface area contributed by atoms with E-state index in [1.54, 1.807) is 7.05 Å². The summed E-state index contributed by atoms with van der Waals surface area (Å²) in [6.07, 6.45) is 1.54. The summed E-state index contributed by atoms with van der Waals surface area (Å²) < 4.78 is 0. The number of nitrogens with zero attached hydrogens (tertiary/aromatic N) is 2. The summed E-state index contributed by atoms with van der Waals surface area (Å²) in [6.45, 7) is 0. The minimum absolute atomic E-state index is 0.115. The van der Waals surface area contributed by atoms with Gasteiger partial charge in [0.2, 0.25) is 0 Å². The molecule has 0 heterocycles. The minimum Gasteiger partial charge on any atom is -0.386 e. The number of nitrogens with one attached hydrogen (secondary N) is 1. The van der Waals surface area contributed by atoms with Crippen molar-refractivity contribution < 1.29 is 9.85 Å².